The van der Waals surface area contributed by atoms with E-state index in [2.05, 4.69) is 18.7 Å². The van der Waals surface area contributed by atoms with E-state index in [1.165, 1.54) is 0 Å². The van der Waals surface area contributed by atoms with E-state index in [0.29, 0.717) is 5.41 Å². The van der Waals surface area contributed by atoms with Gasteiger partial charge in [-0.2, -0.15) is 0 Å². The molecule has 1 aliphatic heterocycles. The average Bonchev–Trinajstić information content (AvgIpc) is 1.98. The number of rotatable bonds is 5. The Morgan fingerprint density at radius 3 is 2.50 bits per heavy atom. The molecule has 0 aliphatic carbocycles. The van der Waals surface area contributed by atoms with Crippen LogP contribution in [-0.2, 0) is 9.53 Å². The molecule has 0 aromatic carbocycles. The largest absolute Gasteiger partial charge is 0.481 e. The van der Waals surface area contributed by atoms with Gasteiger partial charge in [-0.15, -0.1) is 0 Å². The van der Waals surface area contributed by atoms with Gasteiger partial charge in [-0.25, -0.2) is 0 Å². The zero-order valence-corrected chi connectivity index (χ0v) is 9.12. The maximum atomic E-state index is 10.5. The number of carboxylic acid groups (broad SMARTS) is 1. The van der Waals surface area contributed by atoms with Gasteiger partial charge in [0.2, 0.25) is 0 Å². The van der Waals surface area contributed by atoms with Gasteiger partial charge in [0.05, 0.1) is 12.5 Å². The second-order valence-electron chi connectivity index (χ2n) is 4.79. The van der Waals surface area contributed by atoms with Crippen LogP contribution in [0.25, 0.3) is 0 Å². The monoisotopic (exact) mass is 201 g/mol. The number of hydrogen-bond acceptors (Lipinski definition) is 3. The molecule has 4 nitrogen and oxygen atoms in total. The molecular formula is C10H19NO3. The Labute approximate surface area is 84.8 Å². The molecule has 4 heteroatoms. The third-order valence-electron chi connectivity index (χ3n) is 2.50. The summed E-state index contributed by atoms with van der Waals surface area (Å²) in [6.45, 7) is 7.22. The zero-order valence-electron chi connectivity index (χ0n) is 9.12. The van der Waals surface area contributed by atoms with Crippen molar-refractivity contribution in [1.82, 2.24) is 4.90 Å². The number of nitrogens with zero attached hydrogens (tertiary/aromatic N) is 1. The third-order valence-corrected chi connectivity index (χ3v) is 2.50. The first kappa shape index (κ1) is 11.5. The number of likely N-dealkylation sites (tertiary alicyclic amines) is 1. The molecule has 82 valence electrons. The normalized spacial score (nSPS) is 22.8. The van der Waals surface area contributed by atoms with Crippen molar-refractivity contribution in [1.29, 1.82) is 0 Å². The summed E-state index contributed by atoms with van der Waals surface area (Å²) < 4.78 is 5.11. The van der Waals surface area contributed by atoms with Crippen LogP contribution < -0.4 is 0 Å². The van der Waals surface area contributed by atoms with Crippen LogP contribution in [-0.4, -0.2) is 48.8 Å². The predicted molar refractivity (Wildman–Crippen MR) is 53.3 cm³/mol. The Hall–Kier alpha value is -0.610. The fourth-order valence-electron chi connectivity index (χ4n) is 2.00. The molecule has 0 aromatic heterocycles. The molecule has 0 bridgehead atoms. The molecule has 1 N–H and O–H groups in total. The minimum atomic E-state index is -0.795. The van der Waals surface area contributed by atoms with Gasteiger partial charge < -0.3 is 9.84 Å². The summed E-state index contributed by atoms with van der Waals surface area (Å²) in [7, 11) is 1.57. The molecule has 14 heavy (non-hydrogen) atoms. The smallest absolute Gasteiger partial charge is 0.306 e. The summed E-state index contributed by atoms with van der Waals surface area (Å²) in [4.78, 5) is 12.7. The average molecular weight is 201 g/mol. The van der Waals surface area contributed by atoms with Crippen LogP contribution in [0.2, 0.25) is 0 Å². The summed E-state index contributed by atoms with van der Waals surface area (Å²) in [5.74, 6) is -0.795. The van der Waals surface area contributed by atoms with Crippen LogP contribution in [0.3, 0.4) is 0 Å². The molecule has 1 fully saturated rings. The Kier molecular flexibility index (Phi) is 3.50. The lowest BCUT2D eigenvalue weighted by molar-refractivity contribution is -0.140. The molecule has 0 saturated carbocycles. The van der Waals surface area contributed by atoms with Crippen molar-refractivity contribution >= 4 is 5.97 Å². The summed E-state index contributed by atoms with van der Waals surface area (Å²) in [6, 6.07) is 0. The maximum Gasteiger partial charge on any atom is 0.306 e. The van der Waals surface area contributed by atoms with E-state index in [9.17, 15) is 4.79 Å². The number of methoxy groups -OCH3 is 1. The lowest BCUT2D eigenvalue weighted by atomic mass is 9.84. The van der Waals surface area contributed by atoms with Gasteiger partial charge in [0.1, 0.15) is 0 Å². The number of ether oxygens (including phenoxy) is 1. The van der Waals surface area contributed by atoms with E-state index < -0.39 is 5.97 Å². The minimum absolute atomic E-state index is 0.0907. The molecule has 0 aromatic rings. The Morgan fingerprint density at radius 2 is 2.14 bits per heavy atom. The lowest BCUT2D eigenvalue weighted by Gasteiger charge is -2.46. The van der Waals surface area contributed by atoms with Crippen molar-refractivity contribution in [3.63, 3.8) is 0 Å². The second-order valence-corrected chi connectivity index (χ2v) is 4.79. The van der Waals surface area contributed by atoms with Crippen molar-refractivity contribution in [3.8, 4) is 0 Å². The van der Waals surface area contributed by atoms with E-state index in [-0.39, 0.29) is 12.5 Å². The van der Waals surface area contributed by atoms with Crippen LogP contribution >= 0.6 is 0 Å². The second kappa shape index (κ2) is 4.28. The van der Waals surface area contributed by atoms with Crippen LogP contribution in [0.4, 0.5) is 0 Å². The first-order valence-electron chi connectivity index (χ1n) is 4.90. The number of aliphatic carboxylic acids is 1. The van der Waals surface area contributed by atoms with Gasteiger partial charge in [-0.3, -0.25) is 9.69 Å². The topological polar surface area (TPSA) is 49.8 Å². The highest BCUT2D eigenvalue weighted by molar-refractivity contribution is 5.67. The van der Waals surface area contributed by atoms with E-state index in [4.69, 9.17) is 9.84 Å². The highest BCUT2D eigenvalue weighted by Crippen LogP contribution is 2.28. The fraction of sp³-hybridized carbons (Fsp3) is 0.900. The quantitative estimate of drug-likeness (QED) is 0.715. The fourth-order valence-corrected chi connectivity index (χ4v) is 2.00. The van der Waals surface area contributed by atoms with E-state index in [1.54, 1.807) is 7.11 Å². The van der Waals surface area contributed by atoms with E-state index >= 15 is 0 Å². The minimum Gasteiger partial charge on any atom is -0.481 e. The molecule has 1 aliphatic rings. The summed E-state index contributed by atoms with van der Waals surface area (Å²) in [5.41, 5.74) is 0.390. The molecule has 1 atom stereocenters. The lowest BCUT2D eigenvalue weighted by Crippen LogP contribution is -2.55. The highest BCUT2D eigenvalue weighted by atomic mass is 16.5. The molecule has 0 amide bonds. The van der Waals surface area contributed by atoms with Crippen LogP contribution in [0.5, 0.6) is 0 Å². The molecule has 1 rings (SSSR count). The molecule has 1 heterocycles. The number of hydrogen-bond donors (Lipinski definition) is 1. The molecule has 1 saturated heterocycles. The predicted octanol–water partition coefficient (Wildman–Crippen LogP) is 0.818. The number of carboxylic acids is 1. The SMILES string of the molecule is COC(CC(=O)O)CN1CC(C)(C)C1. The standard InChI is InChI=1S/C10H19NO3/c1-10(2)6-11(7-10)5-8(14-3)4-9(12)13/h8H,4-7H2,1-3H3,(H,12,13). The summed E-state index contributed by atoms with van der Waals surface area (Å²) in [5, 5.41) is 8.62. The van der Waals surface area contributed by atoms with Crippen molar-refractivity contribution in [3.05, 3.63) is 0 Å². The third kappa shape index (κ3) is 3.27. The summed E-state index contributed by atoms with van der Waals surface area (Å²) in [6.07, 6.45) is -0.0865. The van der Waals surface area contributed by atoms with Crippen LogP contribution in [0.15, 0.2) is 0 Å². The molecule has 1 unspecified atom stereocenters. The zero-order chi connectivity index (χ0) is 10.8. The Bertz CT molecular complexity index is 207. The van der Waals surface area contributed by atoms with Gasteiger partial charge in [0.25, 0.3) is 0 Å². The Balaban J connectivity index is 2.25. The molecule has 0 spiro atoms. The first-order valence-corrected chi connectivity index (χ1v) is 4.90. The van der Waals surface area contributed by atoms with Gasteiger partial charge in [0, 0.05) is 26.7 Å². The van der Waals surface area contributed by atoms with Crippen molar-refractivity contribution < 1.29 is 14.6 Å². The van der Waals surface area contributed by atoms with Crippen LogP contribution in [0.1, 0.15) is 20.3 Å². The maximum absolute atomic E-state index is 10.5. The molecule has 0 radical (unpaired) electrons. The van der Waals surface area contributed by atoms with Gasteiger partial charge in [-0.1, -0.05) is 13.8 Å². The van der Waals surface area contributed by atoms with Gasteiger partial charge >= 0.3 is 5.97 Å². The van der Waals surface area contributed by atoms with Crippen LogP contribution in [0, 0.1) is 5.41 Å². The summed E-state index contributed by atoms with van der Waals surface area (Å²) >= 11 is 0. The first-order chi connectivity index (χ1) is 6.43. The van der Waals surface area contributed by atoms with E-state index in [1.807, 2.05) is 0 Å². The highest BCUT2D eigenvalue weighted by Gasteiger charge is 2.35. The Morgan fingerprint density at radius 1 is 1.57 bits per heavy atom. The van der Waals surface area contributed by atoms with Crippen molar-refractivity contribution in [2.75, 3.05) is 26.7 Å². The number of carbonyl (C=O) groups is 1. The van der Waals surface area contributed by atoms with Gasteiger partial charge in [0.15, 0.2) is 0 Å². The van der Waals surface area contributed by atoms with Crippen molar-refractivity contribution in [2.45, 2.75) is 26.4 Å². The van der Waals surface area contributed by atoms with Gasteiger partial charge in [-0.05, 0) is 5.41 Å². The molecular weight excluding hydrogens is 182 g/mol. The van der Waals surface area contributed by atoms with Crippen molar-refractivity contribution in [2.24, 2.45) is 5.41 Å². The van der Waals surface area contributed by atoms with E-state index in [0.717, 1.165) is 19.6 Å².